The third kappa shape index (κ3) is 3.00. The van der Waals surface area contributed by atoms with E-state index in [1.165, 1.54) is 0 Å². The zero-order chi connectivity index (χ0) is 18.0. The average molecular weight is 341 g/mol. The molecule has 0 aromatic heterocycles. The molecule has 5 heteroatoms. The number of amides is 1. The van der Waals surface area contributed by atoms with Gasteiger partial charge in [-0.05, 0) is 29.7 Å². The van der Waals surface area contributed by atoms with E-state index in [2.05, 4.69) is 0 Å². The maximum Gasteiger partial charge on any atom is 0.312 e. The van der Waals surface area contributed by atoms with Gasteiger partial charge in [-0.3, -0.25) is 9.59 Å². The van der Waals surface area contributed by atoms with Gasteiger partial charge in [0, 0.05) is 18.7 Å². The Hall–Kier alpha value is -2.40. The van der Waals surface area contributed by atoms with Crippen molar-refractivity contribution in [1.29, 1.82) is 0 Å². The highest BCUT2D eigenvalue weighted by Crippen LogP contribution is 2.37. The summed E-state index contributed by atoms with van der Waals surface area (Å²) in [5.74, 6) is -1.13. The van der Waals surface area contributed by atoms with Crippen molar-refractivity contribution in [2.75, 3.05) is 13.1 Å². The number of carbonyl (C=O) groups is 2. The molecule has 0 unspecified atom stereocenters. The fraction of sp³-hybridized carbons (Fsp3) is 0.400. The van der Waals surface area contributed by atoms with Crippen molar-refractivity contribution in [3.05, 3.63) is 48.0 Å². The van der Waals surface area contributed by atoms with E-state index in [1.54, 1.807) is 11.0 Å². The number of aliphatic carboxylic acids is 1. The molecule has 0 radical (unpaired) electrons. The molecule has 1 saturated heterocycles. The molecule has 0 spiro atoms. The molecule has 2 aromatic carbocycles. The molecule has 132 valence electrons. The number of carbonyl (C=O) groups excluding carboxylic acids is 1. The highest BCUT2D eigenvalue weighted by molar-refractivity contribution is 6.07. The predicted octanol–water partition coefficient (Wildman–Crippen LogP) is 2.92. The number of benzene rings is 2. The lowest BCUT2D eigenvalue weighted by Gasteiger charge is -2.42. The molecule has 1 aliphatic rings. The van der Waals surface area contributed by atoms with Crippen molar-refractivity contribution >= 4 is 22.6 Å². The van der Waals surface area contributed by atoms with Crippen LogP contribution >= 0.6 is 0 Å². The summed E-state index contributed by atoms with van der Waals surface area (Å²) in [5.41, 5.74) is -0.562. The molecule has 2 N–H and O–H groups in total. The second-order valence-electron chi connectivity index (χ2n) is 6.75. The van der Waals surface area contributed by atoms with Crippen LogP contribution in [-0.4, -0.2) is 46.2 Å². The zero-order valence-electron chi connectivity index (χ0n) is 14.3. The molecular formula is C20H23NO4. The second-order valence-corrected chi connectivity index (χ2v) is 6.75. The van der Waals surface area contributed by atoms with Gasteiger partial charge in [0.25, 0.3) is 5.91 Å². The van der Waals surface area contributed by atoms with Crippen LogP contribution in [0.4, 0.5) is 0 Å². The summed E-state index contributed by atoms with van der Waals surface area (Å²) in [6.07, 6.45) is 0.312. The van der Waals surface area contributed by atoms with E-state index in [4.69, 9.17) is 0 Å². The molecule has 2 aromatic rings. The molecule has 1 amide bonds. The number of carboxylic acid groups (broad SMARTS) is 1. The lowest BCUT2D eigenvalue weighted by molar-refractivity contribution is -0.162. The summed E-state index contributed by atoms with van der Waals surface area (Å²) in [6, 6.07) is 13.2. The Balaban J connectivity index is 1.86. The number of rotatable bonds is 4. The third-order valence-corrected chi connectivity index (χ3v) is 5.29. The summed E-state index contributed by atoms with van der Waals surface area (Å²) >= 11 is 0. The van der Waals surface area contributed by atoms with Crippen molar-refractivity contribution in [2.45, 2.75) is 32.3 Å². The highest BCUT2D eigenvalue weighted by atomic mass is 16.4. The van der Waals surface area contributed by atoms with Gasteiger partial charge < -0.3 is 15.1 Å². The summed E-state index contributed by atoms with van der Waals surface area (Å²) in [7, 11) is 0. The highest BCUT2D eigenvalue weighted by Gasteiger charge is 2.48. The Kier molecular flexibility index (Phi) is 4.77. The number of aliphatic hydroxyl groups excluding tert-OH is 1. The molecule has 25 heavy (non-hydrogen) atoms. The zero-order valence-corrected chi connectivity index (χ0v) is 14.3. The Morgan fingerprint density at radius 2 is 1.92 bits per heavy atom. The SMILES string of the molecule is CCC[C@]1(C(=O)O)CCN(C(=O)c2cccc3ccccc23)C[C@@H]1O. The largest absolute Gasteiger partial charge is 0.481 e. The van der Waals surface area contributed by atoms with Crippen LogP contribution in [0.3, 0.4) is 0 Å². The molecule has 1 aliphatic heterocycles. The van der Waals surface area contributed by atoms with Crippen LogP contribution < -0.4 is 0 Å². The van der Waals surface area contributed by atoms with Crippen LogP contribution in [0, 0.1) is 5.41 Å². The van der Waals surface area contributed by atoms with Crippen molar-refractivity contribution in [3.63, 3.8) is 0 Å². The van der Waals surface area contributed by atoms with E-state index in [9.17, 15) is 19.8 Å². The lowest BCUT2D eigenvalue weighted by atomic mass is 9.72. The summed E-state index contributed by atoms with van der Waals surface area (Å²) < 4.78 is 0. The second kappa shape index (κ2) is 6.84. The van der Waals surface area contributed by atoms with Crippen molar-refractivity contribution in [3.8, 4) is 0 Å². The number of hydrogen-bond donors (Lipinski definition) is 2. The number of fused-ring (bicyclic) bond motifs is 1. The number of likely N-dealkylation sites (tertiary alicyclic amines) is 1. The molecule has 0 saturated carbocycles. The fourth-order valence-corrected chi connectivity index (χ4v) is 3.84. The maximum atomic E-state index is 13.0. The quantitative estimate of drug-likeness (QED) is 0.896. The number of hydrogen-bond acceptors (Lipinski definition) is 3. The van der Waals surface area contributed by atoms with Gasteiger partial charge in [-0.2, -0.15) is 0 Å². The summed E-state index contributed by atoms with van der Waals surface area (Å²) in [4.78, 5) is 26.3. The minimum Gasteiger partial charge on any atom is -0.481 e. The van der Waals surface area contributed by atoms with Gasteiger partial charge in [-0.25, -0.2) is 0 Å². The first-order chi connectivity index (χ1) is 12.0. The van der Waals surface area contributed by atoms with E-state index in [1.807, 2.05) is 43.3 Å². The standard InChI is InChI=1S/C20H23NO4/c1-2-10-20(19(24)25)11-12-21(13-17(20)22)18(23)16-9-5-7-14-6-3-4-8-15(14)16/h3-9,17,22H,2,10-13H2,1H3,(H,24,25)/t17-,20-/m0/s1. The van der Waals surface area contributed by atoms with E-state index >= 15 is 0 Å². The average Bonchev–Trinajstić information content (AvgIpc) is 2.62. The van der Waals surface area contributed by atoms with Crippen LogP contribution in [0.1, 0.15) is 36.5 Å². The number of β-amino-alcohol motifs (C(OH)–C–C–N with tert-alkyl or cyclic N) is 1. The van der Waals surface area contributed by atoms with E-state index < -0.39 is 17.5 Å². The molecule has 3 rings (SSSR count). The first-order valence-electron chi connectivity index (χ1n) is 8.68. The first kappa shape index (κ1) is 17.4. The van der Waals surface area contributed by atoms with Gasteiger partial charge in [0.1, 0.15) is 0 Å². The normalized spacial score (nSPS) is 23.6. The van der Waals surface area contributed by atoms with Crippen LogP contribution in [0.2, 0.25) is 0 Å². The van der Waals surface area contributed by atoms with Gasteiger partial charge in [0.15, 0.2) is 0 Å². The number of carboxylic acids is 1. The van der Waals surface area contributed by atoms with Gasteiger partial charge in [0.05, 0.1) is 11.5 Å². The minimum atomic E-state index is -1.15. The molecule has 0 aliphatic carbocycles. The van der Waals surface area contributed by atoms with Crippen LogP contribution in [-0.2, 0) is 4.79 Å². The first-order valence-corrected chi connectivity index (χ1v) is 8.68. The summed E-state index contributed by atoms with van der Waals surface area (Å²) in [6.45, 7) is 2.30. The number of aliphatic hydroxyl groups is 1. The van der Waals surface area contributed by atoms with Gasteiger partial charge in [-0.15, -0.1) is 0 Å². The minimum absolute atomic E-state index is 0.0500. The molecule has 1 heterocycles. The van der Waals surface area contributed by atoms with Gasteiger partial charge in [0.2, 0.25) is 0 Å². The Labute approximate surface area is 146 Å². The predicted molar refractivity (Wildman–Crippen MR) is 95.5 cm³/mol. The van der Waals surface area contributed by atoms with Gasteiger partial charge in [-0.1, -0.05) is 49.7 Å². The molecule has 0 bridgehead atoms. The fourth-order valence-electron chi connectivity index (χ4n) is 3.84. The van der Waals surface area contributed by atoms with E-state index in [0.29, 0.717) is 24.9 Å². The third-order valence-electron chi connectivity index (χ3n) is 5.29. The van der Waals surface area contributed by atoms with Crippen molar-refractivity contribution in [1.82, 2.24) is 4.90 Å². The number of nitrogens with zero attached hydrogens (tertiary/aromatic N) is 1. The molecule has 1 fully saturated rings. The van der Waals surface area contributed by atoms with Crippen LogP contribution in [0.5, 0.6) is 0 Å². The van der Waals surface area contributed by atoms with E-state index in [0.717, 1.165) is 10.8 Å². The Morgan fingerprint density at radius 1 is 1.20 bits per heavy atom. The molecule has 2 atom stereocenters. The topological polar surface area (TPSA) is 77.8 Å². The monoisotopic (exact) mass is 341 g/mol. The maximum absolute atomic E-state index is 13.0. The van der Waals surface area contributed by atoms with Crippen molar-refractivity contribution in [2.24, 2.45) is 5.41 Å². The summed E-state index contributed by atoms with van der Waals surface area (Å²) in [5, 5.41) is 22.0. The Bertz CT molecular complexity index is 798. The smallest absolute Gasteiger partial charge is 0.312 e. The molecular weight excluding hydrogens is 318 g/mol. The lowest BCUT2D eigenvalue weighted by Crippen LogP contribution is -2.56. The van der Waals surface area contributed by atoms with Gasteiger partial charge >= 0.3 is 5.97 Å². The molecule has 5 nitrogen and oxygen atoms in total. The van der Waals surface area contributed by atoms with E-state index in [-0.39, 0.29) is 18.9 Å². The van der Waals surface area contributed by atoms with Crippen LogP contribution in [0.15, 0.2) is 42.5 Å². The number of piperidine rings is 1. The van der Waals surface area contributed by atoms with Crippen molar-refractivity contribution < 1.29 is 19.8 Å². The Morgan fingerprint density at radius 3 is 2.60 bits per heavy atom. The van der Waals surface area contributed by atoms with Crippen LogP contribution in [0.25, 0.3) is 10.8 Å².